The fraction of sp³-hybridized carbons (Fsp3) is 0.476. The molecular weight excluding hydrogens is 328 g/mol. The van der Waals surface area contributed by atoms with Gasteiger partial charge in [-0.1, -0.05) is 43.3 Å². The Kier molecular flexibility index (Phi) is 6.65. The molecule has 1 aliphatic rings. The first kappa shape index (κ1) is 18.2. The highest BCUT2D eigenvalue weighted by atomic mass is 32.1. The van der Waals surface area contributed by atoms with Gasteiger partial charge in [-0.05, 0) is 61.2 Å². The van der Waals surface area contributed by atoms with Crippen LogP contribution in [0.2, 0.25) is 0 Å². The van der Waals surface area contributed by atoms with Crippen molar-refractivity contribution >= 4 is 17.2 Å². The maximum absolute atomic E-state index is 12.7. The number of carbonyl (C=O) groups is 1. The van der Waals surface area contributed by atoms with Crippen LogP contribution in [0.4, 0.5) is 0 Å². The van der Waals surface area contributed by atoms with Crippen molar-refractivity contribution in [2.75, 3.05) is 13.1 Å². The van der Waals surface area contributed by atoms with Crippen molar-refractivity contribution in [3.05, 3.63) is 58.3 Å². The summed E-state index contributed by atoms with van der Waals surface area (Å²) in [5, 5.41) is 8.78. The zero-order chi connectivity index (χ0) is 17.5. The smallest absolute Gasteiger partial charge is 0.220 e. The standard InChI is InChI=1S/C21H28N2OS/c1-16(18-9-11-22-12-10-18)14-21(24)23-19(20-8-5-13-25-20)15-17-6-3-2-4-7-17/h2-8,13,16,18-19,22H,9-12,14-15H2,1H3,(H,23,24). The van der Waals surface area contributed by atoms with E-state index in [9.17, 15) is 4.79 Å². The van der Waals surface area contributed by atoms with E-state index in [2.05, 4.69) is 59.3 Å². The summed E-state index contributed by atoms with van der Waals surface area (Å²) in [6.45, 7) is 4.40. The maximum Gasteiger partial charge on any atom is 0.220 e. The summed E-state index contributed by atoms with van der Waals surface area (Å²) < 4.78 is 0. The fourth-order valence-corrected chi connectivity index (χ4v) is 4.47. The van der Waals surface area contributed by atoms with E-state index in [4.69, 9.17) is 0 Å². The van der Waals surface area contributed by atoms with Crippen molar-refractivity contribution < 1.29 is 4.79 Å². The van der Waals surface area contributed by atoms with Gasteiger partial charge in [0.1, 0.15) is 0 Å². The Balaban J connectivity index is 1.60. The van der Waals surface area contributed by atoms with Crippen LogP contribution in [0.25, 0.3) is 0 Å². The van der Waals surface area contributed by atoms with Crippen LogP contribution in [0.5, 0.6) is 0 Å². The average Bonchev–Trinajstić information content (AvgIpc) is 3.17. The van der Waals surface area contributed by atoms with Crippen molar-refractivity contribution in [2.45, 2.75) is 38.6 Å². The summed E-state index contributed by atoms with van der Waals surface area (Å²) in [6, 6.07) is 14.6. The molecule has 2 atom stereocenters. The number of nitrogens with one attached hydrogen (secondary N) is 2. The molecule has 3 rings (SSSR count). The molecule has 2 heterocycles. The Labute approximate surface area is 154 Å². The zero-order valence-electron chi connectivity index (χ0n) is 14.9. The molecule has 1 saturated heterocycles. The molecule has 0 spiro atoms. The van der Waals surface area contributed by atoms with Crippen LogP contribution < -0.4 is 10.6 Å². The molecule has 2 N–H and O–H groups in total. The van der Waals surface area contributed by atoms with E-state index in [-0.39, 0.29) is 11.9 Å². The third-order valence-corrected chi connectivity index (χ3v) is 6.19. The van der Waals surface area contributed by atoms with Crippen LogP contribution in [0.15, 0.2) is 47.8 Å². The van der Waals surface area contributed by atoms with Crippen molar-refractivity contribution in [3.63, 3.8) is 0 Å². The number of thiophene rings is 1. The van der Waals surface area contributed by atoms with E-state index in [0.29, 0.717) is 18.3 Å². The number of piperidine rings is 1. The summed E-state index contributed by atoms with van der Waals surface area (Å²) in [4.78, 5) is 13.9. The van der Waals surface area contributed by atoms with Crippen LogP contribution in [0.3, 0.4) is 0 Å². The predicted octanol–water partition coefficient (Wildman–Crippen LogP) is 4.17. The average molecular weight is 357 g/mol. The van der Waals surface area contributed by atoms with E-state index in [1.807, 2.05) is 6.07 Å². The van der Waals surface area contributed by atoms with Gasteiger partial charge in [0.15, 0.2) is 0 Å². The molecule has 3 nitrogen and oxygen atoms in total. The molecule has 2 aromatic rings. The van der Waals surface area contributed by atoms with E-state index in [1.165, 1.54) is 23.3 Å². The Morgan fingerprint density at radius 1 is 1.20 bits per heavy atom. The third-order valence-electron chi connectivity index (χ3n) is 5.20. The summed E-state index contributed by atoms with van der Waals surface area (Å²) in [6.07, 6.45) is 3.84. The second-order valence-corrected chi connectivity index (χ2v) is 8.07. The maximum atomic E-state index is 12.7. The van der Waals surface area contributed by atoms with Crippen molar-refractivity contribution in [3.8, 4) is 0 Å². The molecule has 4 heteroatoms. The van der Waals surface area contributed by atoms with Crippen molar-refractivity contribution in [1.29, 1.82) is 0 Å². The van der Waals surface area contributed by atoms with Crippen molar-refractivity contribution in [1.82, 2.24) is 10.6 Å². The molecule has 25 heavy (non-hydrogen) atoms. The third kappa shape index (κ3) is 5.41. The minimum absolute atomic E-state index is 0.0649. The molecule has 1 aromatic heterocycles. The molecule has 1 amide bonds. The molecule has 0 bridgehead atoms. The number of rotatable bonds is 7. The molecule has 0 aliphatic carbocycles. The summed E-state index contributed by atoms with van der Waals surface area (Å²) in [7, 11) is 0. The van der Waals surface area contributed by atoms with Gasteiger partial charge in [-0.25, -0.2) is 0 Å². The topological polar surface area (TPSA) is 41.1 Å². The monoisotopic (exact) mass is 356 g/mol. The molecule has 0 saturated carbocycles. The Hall–Kier alpha value is -1.65. The summed E-state index contributed by atoms with van der Waals surface area (Å²) in [5.74, 6) is 1.30. The van der Waals surface area contributed by atoms with Crippen LogP contribution >= 0.6 is 11.3 Å². The molecule has 0 radical (unpaired) electrons. The van der Waals surface area contributed by atoms with E-state index >= 15 is 0 Å². The van der Waals surface area contributed by atoms with E-state index in [1.54, 1.807) is 11.3 Å². The van der Waals surface area contributed by atoms with Gasteiger partial charge in [-0.2, -0.15) is 0 Å². The second kappa shape index (κ2) is 9.16. The van der Waals surface area contributed by atoms with Gasteiger partial charge in [0.2, 0.25) is 5.91 Å². The fourth-order valence-electron chi connectivity index (χ4n) is 3.69. The number of hydrogen-bond acceptors (Lipinski definition) is 3. The van der Waals surface area contributed by atoms with Crippen LogP contribution in [-0.4, -0.2) is 19.0 Å². The van der Waals surface area contributed by atoms with Crippen molar-refractivity contribution in [2.24, 2.45) is 11.8 Å². The number of carbonyl (C=O) groups excluding carboxylic acids is 1. The SMILES string of the molecule is CC(CC(=O)NC(Cc1ccccc1)c1cccs1)C1CCNCC1. The van der Waals surface area contributed by atoms with E-state index < -0.39 is 0 Å². The highest BCUT2D eigenvalue weighted by Gasteiger charge is 2.23. The lowest BCUT2D eigenvalue weighted by molar-refractivity contribution is -0.123. The second-order valence-electron chi connectivity index (χ2n) is 7.09. The largest absolute Gasteiger partial charge is 0.348 e. The van der Waals surface area contributed by atoms with Crippen LogP contribution in [0, 0.1) is 11.8 Å². The van der Waals surface area contributed by atoms with Crippen LogP contribution in [0.1, 0.15) is 42.7 Å². The number of benzene rings is 1. The molecule has 1 fully saturated rings. The van der Waals surface area contributed by atoms with Crippen LogP contribution in [-0.2, 0) is 11.2 Å². The predicted molar refractivity (Wildman–Crippen MR) is 105 cm³/mol. The summed E-state index contributed by atoms with van der Waals surface area (Å²) >= 11 is 1.72. The quantitative estimate of drug-likeness (QED) is 0.781. The molecule has 2 unspecified atom stereocenters. The van der Waals surface area contributed by atoms with Gasteiger partial charge in [0.05, 0.1) is 6.04 Å². The molecule has 1 aliphatic heterocycles. The number of amides is 1. The number of hydrogen-bond donors (Lipinski definition) is 2. The van der Waals surface area contributed by atoms with Gasteiger partial charge in [-0.3, -0.25) is 4.79 Å². The van der Waals surface area contributed by atoms with Gasteiger partial charge in [0, 0.05) is 11.3 Å². The van der Waals surface area contributed by atoms with E-state index in [0.717, 1.165) is 19.5 Å². The lowest BCUT2D eigenvalue weighted by atomic mass is 9.84. The van der Waals surface area contributed by atoms with Gasteiger partial charge in [-0.15, -0.1) is 11.3 Å². The molecule has 134 valence electrons. The highest BCUT2D eigenvalue weighted by Crippen LogP contribution is 2.26. The lowest BCUT2D eigenvalue weighted by Gasteiger charge is -2.28. The first-order chi connectivity index (χ1) is 12.2. The Morgan fingerprint density at radius 2 is 1.96 bits per heavy atom. The molecule has 1 aromatic carbocycles. The Bertz CT molecular complexity index is 635. The highest BCUT2D eigenvalue weighted by molar-refractivity contribution is 7.10. The minimum atomic E-state index is 0.0649. The first-order valence-corrected chi connectivity index (χ1v) is 10.2. The van der Waals surface area contributed by atoms with Gasteiger partial charge < -0.3 is 10.6 Å². The molecular formula is C21H28N2OS. The summed E-state index contributed by atoms with van der Waals surface area (Å²) in [5.41, 5.74) is 1.26. The minimum Gasteiger partial charge on any atom is -0.348 e. The van der Waals surface area contributed by atoms with Gasteiger partial charge in [0.25, 0.3) is 0 Å². The first-order valence-electron chi connectivity index (χ1n) is 9.30. The van der Waals surface area contributed by atoms with Gasteiger partial charge >= 0.3 is 0 Å². The lowest BCUT2D eigenvalue weighted by Crippen LogP contribution is -2.35. The normalized spacial score (nSPS) is 17.8. The zero-order valence-corrected chi connectivity index (χ0v) is 15.7. The Morgan fingerprint density at radius 3 is 2.64 bits per heavy atom.